The lowest BCUT2D eigenvalue weighted by atomic mass is 9.72. The molecule has 0 saturated carbocycles. The van der Waals surface area contributed by atoms with Crippen molar-refractivity contribution in [2.45, 2.75) is 113 Å². The Morgan fingerprint density at radius 2 is 1.28 bits per heavy atom. The van der Waals surface area contributed by atoms with Crippen LogP contribution in [0.15, 0.2) is 146 Å². The van der Waals surface area contributed by atoms with E-state index in [0.717, 1.165) is 72.7 Å². The van der Waals surface area contributed by atoms with Crippen LogP contribution in [0.4, 0.5) is 46.9 Å². The van der Waals surface area contributed by atoms with Crippen LogP contribution < -0.4 is 10.2 Å². The van der Waals surface area contributed by atoms with Gasteiger partial charge < -0.3 is 49.3 Å². The zero-order chi connectivity index (χ0) is 69.8. The number of rotatable bonds is 27. The molecule has 1 spiro atoms. The lowest BCUT2D eigenvalue weighted by molar-refractivity contribution is -0.143. The summed E-state index contributed by atoms with van der Waals surface area (Å²) in [4.78, 5) is 78.8. The van der Waals surface area contributed by atoms with Crippen molar-refractivity contribution in [2.75, 3.05) is 117 Å². The van der Waals surface area contributed by atoms with E-state index < -0.39 is 64.6 Å². The van der Waals surface area contributed by atoms with Gasteiger partial charge in [-0.1, -0.05) is 91.3 Å². The highest BCUT2D eigenvalue weighted by Gasteiger charge is 2.50. The van der Waals surface area contributed by atoms with E-state index in [1.54, 1.807) is 40.9 Å². The number of hydrogen-bond donors (Lipinski definition) is 2. The fourth-order valence-electron chi connectivity index (χ4n) is 14.3. The summed E-state index contributed by atoms with van der Waals surface area (Å²) in [6.07, 6.45) is -3.58. The molecule has 0 aromatic heterocycles. The number of amides is 5. The summed E-state index contributed by atoms with van der Waals surface area (Å²) in [5.74, 6) is -1.77. The van der Waals surface area contributed by atoms with Crippen molar-refractivity contribution in [1.82, 2.24) is 29.4 Å². The average molecular weight is 1360 g/mol. The second kappa shape index (κ2) is 32.1. The van der Waals surface area contributed by atoms with Gasteiger partial charge in [-0.25, -0.2) is 9.18 Å². The van der Waals surface area contributed by atoms with Crippen molar-refractivity contribution >= 4 is 41.1 Å². The number of fused-ring (bicyclic) bond motifs is 2. The van der Waals surface area contributed by atoms with Gasteiger partial charge in [-0.2, -0.15) is 26.3 Å². The van der Waals surface area contributed by atoms with Crippen LogP contribution in [0.1, 0.15) is 119 Å². The first-order chi connectivity index (χ1) is 46.9. The van der Waals surface area contributed by atoms with Gasteiger partial charge in [0.15, 0.2) is 0 Å². The number of carboxylic acid groups (broad SMARTS) is 1. The number of unbranched alkanes of at least 4 members (excludes halogenated alkanes) is 3. The Morgan fingerprint density at radius 1 is 0.653 bits per heavy atom. The van der Waals surface area contributed by atoms with Crippen molar-refractivity contribution in [2.24, 2.45) is 0 Å². The zero-order valence-electron chi connectivity index (χ0n) is 55.8. The van der Waals surface area contributed by atoms with E-state index >= 15 is 0 Å². The molecule has 3 saturated heterocycles. The number of likely N-dealkylation sites (tertiary alicyclic amines) is 2. The molecule has 23 heteroatoms. The summed E-state index contributed by atoms with van der Waals surface area (Å²) < 4.78 is 110. The van der Waals surface area contributed by atoms with Crippen LogP contribution in [0, 0.1) is 5.82 Å². The van der Waals surface area contributed by atoms with E-state index in [9.17, 15) is 59.8 Å². The molecule has 3 heterocycles. The molecular weight excluding hydrogens is 1270 g/mol. The van der Waals surface area contributed by atoms with Crippen molar-refractivity contribution in [3.05, 3.63) is 190 Å². The minimum absolute atomic E-state index is 0.0278. The number of benzene rings is 6. The Labute approximate surface area is 568 Å². The number of ether oxygens (including phenoxy) is 2. The van der Waals surface area contributed by atoms with Gasteiger partial charge in [0.1, 0.15) is 24.8 Å². The summed E-state index contributed by atoms with van der Waals surface area (Å²) in [7, 11) is 5.35. The maximum atomic E-state index is 14.2. The number of piperidine rings is 2. The van der Waals surface area contributed by atoms with Gasteiger partial charge in [-0.15, -0.1) is 0 Å². The molecule has 5 amide bonds. The number of halogens is 7. The molecule has 0 radical (unpaired) electrons. The first-order valence-corrected chi connectivity index (χ1v) is 33.8. The van der Waals surface area contributed by atoms with E-state index in [1.807, 2.05) is 85.9 Å². The number of carbonyl (C=O) groups is 5. The highest BCUT2D eigenvalue weighted by atomic mass is 19.4. The van der Waals surface area contributed by atoms with Crippen molar-refractivity contribution < 1.29 is 69.3 Å². The van der Waals surface area contributed by atoms with Crippen LogP contribution in [-0.4, -0.2) is 183 Å². The predicted molar refractivity (Wildman–Crippen MR) is 360 cm³/mol. The van der Waals surface area contributed by atoms with E-state index in [2.05, 4.69) is 27.2 Å². The Hall–Kier alpha value is -8.38. The third-order valence-electron chi connectivity index (χ3n) is 20.1. The van der Waals surface area contributed by atoms with Crippen LogP contribution in [-0.2, 0) is 48.9 Å². The minimum Gasteiger partial charge on any atom is -0.465 e. The number of para-hydroxylation sites is 1. The lowest BCUT2D eigenvalue weighted by Crippen LogP contribution is -2.50. The van der Waals surface area contributed by atoms with Crippen LogP contribution in [0.5, 0.6) is 0 Å². The Morgan fingerprint density at radius 3 is 1.95 bits per heavy atom. The molecule has 0 bridgehead atoms. The fourth-order valence-corrected chi connectivity index (χ4v) is 14.3. The van der Waals surface area contributed by atoms with Crippen molar-refractivity contribution in [1.29, 1.82) is 0 Å². The first-order valence-electron chi connectivity index (χ1n) is 33.8. The molecule has 6 aromatic rings. The summed E-state index contributed by atoms with van der Waals surface area (Å²) in [6, 6.07) is 39.1. The van der Waals surface area contributed by atoms with Crippen LogP contribution in [0.2, 0.25) is 0 Å². The maximum Gasteiger partial charge on any atom is 0.416 e. The number of nitrogens with zero attached hydrogens (tertiary/aromatic N) is 7. The van der Waals surface area contributed by atoms with E-state index in [-0.39, 0.29) is 55.5 Å². The molecule has 1 aliphatic carbocycles. The second-order valence-electron chi connectivity index (χ2n) is 26.5. The number of likely N-dealkylation sites (N-methyl/N-ethyl adjacent to an activating group) is 2. The fraction of sp³-hybridized carbons (Fsp3) is 0.453. The minimum atomic E-state index is -5.15. The first kappa shape index (κ1) is 72.4. The molecule has 0 unspecified atom stereocenters. The molecule has 3 aliphatic heterocycles. The smallest absolute Gasteiger partial charge is 0.416 e. The highest BCUT2D eigenvalue weighted by molar-refractivity contribution is 5.96. The molecule has 4 aliphatic rings. The molecule has 98 heavy (non-hydrogen) atoms. The van der Waals surface area contributed by atoms with E-state index in [1.165, 1.54) is 34.7 Å². The normalized spacial score (nSPS) is 18.1. The second-order valence-corrected chi connectivity index (χ2v) is 26.5. The van der Waals surface area contributed by atoms with Gasteiger partial charge in [0, 0.05) is 114 Å². The summed E-state index contributed by atoms with van der Waals surface area (Å²) >= 11 is 0. The molecule has 6 aromatic carbocycles. The summed E-state index contributed by atoms with van der Waals surface area (Å²) in [5, 5.41) is 13.8. The van der Waals surface area contributed by atoms with E-state index in [4.69, 9.17) is 9.47 Å². The van der Waals surface area contributed by atoms with Crippen LogP contribution in [0.3, 0.4) is 0 Å². The predicted octanol–water partition coefficient (Wildman–Crippen LogP) is 13.3. The number of carbonyl (C=O) groups excluding carboxylic acids is 4. The molecular formula is C75H87F7N8O8. The van der Waals surface area contributed by atoms with Crippen molar-refractivity contribution in [3.63, 3.8) is 0 Å². The molecule has 2 N–H and O–H groups in total. The lowest BCUT2D eigenvalue weighted by Gasteiger charge is -2.44. The summed E-state index contributed by atoms with van der Waals surface area (Å²) in [6.45, 7) is 5.39. The largest absolute Gasteiger partial charge is 0.465 e. The Balaban J connectivity index is 0.606. The highest BCUT2D eigenvalue weighted by Crippen LogP contribution is 2.49. The monoisotopic (exact) mass is 1360 g/mol. The van der Waals surface area contributed by atoms with Gasteiger partial charge in [-0.3, -0.25) is 24.1 Å². The van der Waals surface area contributed by atoms with Crippen molar-refractivity contribution in [3.8, 4) is 11.1 Å². The van der Waals surface area contributed by atoms with Gasteiger partial charge >= 0.3 is 18.4 Å². The standard InChI is InChI=1S/C75H87F7N8O8/c1-84(37-14-15-38-86(3)69(93)54-23-29-61(30-24-54)83-36-13-5-8-22-67(91)85(2)44-45-87-39-31-62(32-40-87)90(71(95)96)65-21-12-10-19-63(65)53-16-6-4-7-17-53)68(92)50-97-66-48-55-18-9-11-20-64(55)72(66)33-41-88(42-34-72)43-35-73(57-25-27-60(76)28-26-57)51-89(52-98-73)70(94)56-46-58(74(77,78)79)49-59(47-56)75(80,81)82/h4,6-7,9-12,16-21,23-30,46-47,49,62,66,83H,5,8,13-15,22,31-45,48,50-52H2,1-3H3,(H,95,96)/t66-,73-/m0/s1. The molecule has 524 valence electrons. The molecule has 16 nitrogen and oxygen atoms in total. The van der Waals surface area contributed by atoms with Crippen LogP contribution in [0.25, 0.3) is 11.1 Å². The number of anilines is 2. The quantitative estimate of drug-likeness (QED) is 0.0373. The molecule has 3 fully saturated rings. The van der Waals surface area contributed by atoms with Crippen LogP contribution >= 0.6 is 0 Å². The van der Waals surface area contributed by atoms with E-state index in [0.29, 0.717) is 120 Å². The third kappa shape index (κ3) is 17.7. The maximum absolute atomic E-state index is 14.2. The zero-order valence-corrected chi connectivity index (χ0v) is 55.8. The Bertz CT molecular complexity index is 3660. The SMILES string of the molecule is CN(CCN1CCC(N(C(=O)O)c2ccccc2-c2ccccc2)CC1)C(=O)CCCCCNc1ccc(C(=O)N(C)CCCCN(C)C(=O)CO[C@H]2Cc3ccccc3C23CCN(CC[C@@]2(c4ccc(F)cc4)CN(C(=O)c4cc(C(F)(F)F)cc(C(F)(F)F)c4)CO2)CC3)cc1. The molecule has 2 atom stereocenters. The molecule has 10 rings (SSSR count). The van der Waals surface area contributed by atoms with Gasteiger partial charge in [0.2, 0.25) is 11.8 Å². The summed E-state index contributed by atoms with van der Waals surface area (Å²) in [5.41, 5.74) is 1.16. The Kier molecular flexibility index (Phi) is 23.7. The average Bonchev–Trinajstić information content (AvgIpc) is 1.58. The van der Waals surface area contributed by atoms with Gasteiger partial charge in [0.25, 0.3) is 11.8 Å². The number of alkyl halides is 6. The topological polar surface area (TPSA) is 159 Å². The van der Waals surface area contributed by atoms with Gasteiger partial charge in [-0.05, 0) is 160 Å². The number of hydrogen-bond acceptors (Lipinski definition) is 10. The van der Waals surface area contributed by atoms with Gasteiger partial charge in [0.05, 0.1) is 29.5 Å². The third-order valence-corrected chi connectivity index (χ3v) is 20.1. The number of nitrogens with one attached hydrogen (secondary N) is 1.